The maximum Gasteiger partial charge on any atom is 0.293 e. The molecule has 0 fully saturated rings. The van der Waals surface area contributed by atoms with E-state index in [1.165, 1.54) is 30.1 Å². The zero-order valence-corrected chi connectivity index (χ0v) is 15.7. The molecule has 0 atom stereocenters. The molecule has 0 aromatic heterocycles. The second-order valence-corrected chi connectivity index (χ2v) is 6.22. The molecule has 8 heteroatoms. The molecular weight excluding hydrogens is 348 g/mol. The van der Waals surface area contributed by atoms with Crippen molar-refractivity contribution in [1.29, 1.82) is 0 Å². The van der Waals surface area contributed by atoms with E-state index < -0.39 is 10.8 Å². The van der Waals surface area contributed by atoms with Crippen molar-refractivity contribution in [2.24, 2.45) is 0 Å². The number of nitro groups is 1. The van der Waals surface area contributed by atoms with Crippen LogP contribution in [0.3, 0.4) is 0 Å². The van der Waals surface area contributed by atoms with E-state index in [1.54, 1.807) is 7.05 Å². The lowest BCUT2D eigenvalue weighted by atomic mass is 10.1. The van der Waals surface area contributed by atoms with Gasteiger partial charge in [-0.05, 0) is 37.1 Å². The molecule has 8 nitrogen and oxygen atoms in total. The highest BCUT2D eigenvalue weighted by molar-refractivity contribution is 6.00. The highest BCUT2D eigenvalue weighted by atomic mass is 16.6. The fourth-order valence-corrected chi connectivity index (χ4v) is 2.73. The minimum Gasteiger partial charge on any atom is -0.383 e. The fraction of sp³-hybridized carbons (Fsp3) is 0.263. The van der Waals surface area contributed by atoms with Gasteiger partial charge in [0, 0.05) is 31.4 Å². The van der Waals surface area contributed by atoms with Gasteiger partial charge in [0.25, 0.3) is 11.6 Å². The highest BCUT2D eigenvalue weighted by Gasteiger charge is 2.20. The average Bonchev–Trinajstić information content (AvgIpc) is 2.63. The summed E-state index contributed by atoms with van der Waals surface area (Å²) in [6.45, 7) is 3.61. The number of aryl methyl sites for hydroxylation is 2. The van der Waals surface area contributed by atoms with Crippen LogP contribution >= 0.6 is 0 Å². The van der Waals surface area contributed by atoms with Crippen LogP contribution in [0.4, 0.5) is 17.1 Å². The summed E-state index contributed by atoms with van der Waals surface area (Å²) in [5, 5.41) is 16.7. The molecule has 0 aliphatic rings. The number of likely N-dealkylation sites (N-methyl/N-ethyl adjacent to an activating group) is 1. The van der Waals surface area contributed by atoms with E-state index in [2.05, 4.69) is 10.6 Å². The topological polar surface area (TPSA) is 105 Å². The Hall–Kier alpha value is -3.42. The number of amides is 2. The van der Waals surface area contributed by atoms with Gasteiger partial charge in [0.05, 0.1) is 11.5 Å². The first kappa shape index (κ1) is 19.9. The third-order valence-electron chi connectivity index (χ3n) is 4.18. The molecular formula is C19H22N4O4. The van der Waals surface area contributed by atoms with E-state index in [1.807, 2.05) is 32.0 Å². The number of rotatable bonds is 6. The predicted octanol–water partition coefficient (Wildman–Crippen LogP) is 2.96. The Morgan fingerprint density at radius 2 is 1.78 bits per heavy atom. The molecule has 0 bridgehead atoms. The van der Waals surface area contributed by atoms with Crippen LogP contribution in [-0.2, 0) is 4.79 Å². The Bertz CT molecular complexity index is 875. The van der Waals surface area contributed by atoms with Gasteiger partial charge >= 0.3 is 0 Å². The molecule has 0 heterocycles. The number of anilines is 2. The first-order chi connectivity index (χ1) is 12.7. The number of nitrogens with zero attached hydrogens (tertiary/aromatic N) is 2. The Morgan fingerprint density at radius 3 is 2.33 bits per heavy atom. The number of carbonyl (C=O) groups excluding carboxylic acids is 2. The van der Waals surface area contributed by atoms with E-state index >= 15 is 0 Å². The third-order valence-corrected chi connectivity index (χ3v) is 4.18. The number of carbonyl (C=O) groups is 2. The summed E-state index contributed by atoms with van der Waals surface area (Å²) in [4.78, 5) is 36.7. The Morgan fingerprint density at radius 1 is 1.15 bits per heavy atom. The van der Waals surface area contributed by atoms with Crippen molar-refractivity contribution in [3.8, 4) is 0 Å². The number of nitro benzene ring substituents is 1. The van der Waals surface area contributed by atoms with E-state index in [0.29, 0.717) is 5.69 Å². The van der Waals surface area contributed by atoms with Crippen LogP contribution in [0.15, 0.2) is 36.4 Å². The average molecular weight is 370 g/mol. The summed E-state index contributed by atoms with van der Waals surface area (Å²) in [6.07, 6.45) is 0. The molecule has 0 aliphatic carbocycles. The molecule has 27 heavy (non-hydrogen) atoms. The van der Waals surface area contributed by atoms with Crippen LogP contribution in [0.1, 0.15) is 21.5 Å². The number of nitrogens with one attached hydrogen (secondary N) is 2. The zero-order valence-electron chi connectivity index (χ0n) is 15.7. The van der Waals surface area contributed by atoms with Gasteiger partial charge in [0.2, 0.25) is 5.91 Å². The predicted molar refractivity (Wildman–Crippen MR) is 104 cm³/mol. The Balaban J connectivity index is 2.12. The number of hydrogen-bond acceptors (Lipinski definition) is 5. The molecule has 2 N–H and O–H groups in total. The largest absolute Gasteiger partial charge is 0.383 e. The van der Waals surface area contributed by atoms with Gasteiger partial charge in [-0.25, -0.2) is 0 Å². The summed E-state index contributed by atoms with van der Waals surface area (Å²) in [7, 11) is 3.04. The molecule has 0 spiro atoms. The first-order valence-electron chi connectivity index (χ1n) is 8.32. The molecule has 142 valence electrons. The summed E-state index contributed by atoms with van der Waals surface area (Å²) in [5.74, 6) is -0.818. The summed E-state index contributed by atoms with van der Waals surface area (Å²) < 4.78 is 0. The lowest BCUT2D eigenvalue weighted by Gasteiger charge is -2.18. The van der Waals surface area contributed by atoms with Crippen LogP contribution in [0, 0.1) is 24.0 Å². The van der Waals surface area contributed by atoms with E-state index in [0.717, 1.165) is 16.8 Å². The van der Waals surface area contributed by atoms with Gasteiger partial charge in [0.15, 0.2) is 0 Å². The molecule has 0 saturated carbocycles. The second kappa shape index (κ2) is 8.31. The standard InChI is InChI=1S/C19H22N4O4/c1-12-6-5-7-13(2)18(12)21-17(24)11-22(4)19(25)14-8-9-15(20-3)16(10-14)23(26)27/h5-10,20H,11H2,1-4H3,(H,21,24). The normalized spacial score (nSPS) is 10.2. The lowest BCUT2D eigenvalue weighted by Crippen LogP contribution is -2.35. The van der Waals surface area contributed by atoms with Gasteiger partial charge in [0.1, 0.15) is 5.69 Å². The van der Waals surface area contributed by atoms with Crippen molar-refractivity contribution in [3.63, 3.8) is 0 Å². The van der Waals surface area contributed by atoms with E-state index in [-0.39, 0.29) is 23.7 Å². The maximum atomic E-state index is 12.5. The van der Waals surface area contributed by atoms with Crippen LogP contribution in [-0.4, -0.2) is 42.3 Å². The number of hydrogen-bond donors (Lipinski definition) is 2. The lowest BCUT2D eigenvalue weighted by molar-refractivity contribution is -0.384. The van der Waals surface area contributed by atoms with Crippen LogP contribution in [0.25, 0.3) is 0 Å². The molecule has 0 radical (unpaired) electrons. The first-order valence-corrected chi connectivity index (χ1v) is 8.32. The zero-order chi connectivity index (χ0) is 20.1. The monoisotopic (exact) mass is 370 g/mol. The van der Waals surface area contributed by atoms with Gasteiger partial charge < -0.3 is 15.5 Å². The van der Waals surface area contributed by atoms with Gasteiger partial charge in [-0.15, -0.1) is 0 Å². The van der Waals surface area contributed by atoms with Crippen molar-refractivity contribution in [2.75, 3.05) is 31.3 Å². The molecule has 0 unspecified atom stereocenters. The molecule has 2 aromatic rings. The maximum absolute atomic E-state index is 12.5. The third kappa shape index (κ3) is 4.60. The van der Waals surface area contributed by atoms with Crippen LogP contribution in [0.5, 0.6) is 0 Å². The summed E-state index contributed by atoms with van der Waals surface area (Å²) in [5.41, 5.74) is 2.83. The van der Waals surface area contributed by atoms with Crippen molar-refractivity contribution < 1.29 is 14.5 Å². The number of para-hydroxylation sites is 1. The van der Waals surface area contributed by atoms with Crippen LogP contribution in [0.2, 0.25) is 0 Å². The highest BCUT2D eigenvalue weighted by Crippen LogP contribution is 2.25. The Kier molecular flexibility index (Phi) is 6.12. The molecule has 2 amide bonds. The fourth-order valence-electron chi connectivity index (χ4n) is 2.73. The van der Waals surface area contributed by atoms with E-state index in [9.17, 15) is 19.7 Å². The van der Waals surface area contributed by atoms with Gasteiger partial charge in [-0.3, -0.25) is 19.7 Å². The molecule has 2 rings (SSSR count). The molecule has 0 saturated heterocycles. The van der Waals surface area contributed by atoms with Crippen LogP contribution < -0.4 is 10.6 Å². The Labute approximate surface area is 157 Å². The smallest absolute Gasteiger partial charge is 0.293 e. The van der Waals surface area contributed by atoms with Crippen molar-refractivity contribution in [1.82, 2.24) is 4.90 Å². The molecule has 2 aromatic carbocycles. The van der Waals surface area contributed by atoms with Gasteiger partial charge in [-0.1, -0.05) is 18.2 Å². The minimum atomic E-state index is -0.559. The van der Waals surface area contributed by atoms with Crippen molar-refractivity contribution >= 4 is 28.9 Å². The minimum absolute atomic E-state index is 0.142. The number of benzene rings is 2. The summed E-state index contributed by atoms with van der Waals surface area (Å²) in [6, 6.07) is 9.84. The van der Waals surface area contributed by atoms with E-state index in [4.69, 9.17) is 0 Å². The van der Waals surface area contributed by atoms with Gasteiger partial charge in [-0.2, -0.15) is 0 Å². The molecule has 0 aliphatic heterocycles. The summed E-state index contributed by atoms with van der Waals surface area (Å²) >= 11 is 0. The van der Waals surface area contributed by atoms with Crippen molar-refractivity contribution in [3.05, 3.63) is 63.2 Å². The van der Waals surface area contributed by atoms with Crippen molar-refractivity contribution in [2.45, 2.75) is 13.8 Å². The quantitative estimate of drug-likeness (QED) is 0.601. The second-order valence-electron chi connectivity index (χ2n) is 6.22. The SMILES string of the molecule is CNc1ccc(C(=O)N(C)CC(=O)Nc2c(C)cccc2C)cc1[N+](=O)[O-].